The highest BCUT2D eigenvalue weighted by Gasteiger charge is 2.25. The summed E-state index contributed by atoms with van der Waals surface area (Å²) < 4.78 is 0. The first-order valence-corrected chi connectivity index (χ1v) is 10.5. The second-order valence-corrected chi connectivity index (χ2v) is 8.21. The Bertz CT molecular complexity index is 947. The molecule has 2 aliphatic rings. The fourth-order valence-electron chi connectivity index (χ4n) is 4.36. The molecule has 1 aliphatic heterocycles. The zero-order chi connectivity index (χ0) is 20.4. The third-order valence-electron chi connectivity index (χ3n) is 5.95. The van der Waals surface area contributed by atoms with Crippen LogP contribution in [-0.2, 0) is 17.6 Å². The number of hydrogen-bond donors (Lipinski definition) is 2. The predicted octanol–water partition coefficient (Wildman–Crippen LogP) is 3.57. The van der Waals surface area contributed by atoms with Crippen LogP contribution in [0.4, 0.5) is 0 Å². The number of aliphatic hydroxyl groups excluding tert-OH is 1. The highest BCUT2D eigenvalue weighted by Crippen LogP contribution is 2.38. The van der Waals surface area contributed by atoms with Gasteiger partial charge in [0.15, 0.2) is 6.10 Å². The number of piperidine rings is 1. The average Bonchev–Trinajstić information content (AvgIpc) is 2.89. The molecule has 152 valence electrons. The summed E-state index contributed by atoms with van der Waals surface area (Å²) in [6.45, 7) is 2.31. The quantitative estimate of drug-likeness (QED) is 0.803. The summed E-state index contributed by atoms with van der Waals surface area (Å²) >= 11 is 6.28. The SMILES string of the molecule is O=C(O)[C@H](O)CCN1CCC(=C2c3ccc(Cl)cc3CCc3cccnc32)CC1. The molecule has 0 unspecified atom stereocenters. The van der Waals surface area contributed by atoms with E-state index in [9.17, 15) is 9.90 Å². The molecule has 4 rings (SSSR count). The van der Waals surface area contributed by atoms with Crippen molar-refractivity contribution in [1.82, 2.24) is 9.88 Å². The average molecular weight is 413 g/mol. The monoisotopic (exact) mass is 412 g/mol. The molecule has 1 atom stereocenters. The third kappa shape index (κ3) is 4.37. The van der Waals surface area contributed by atoms with Crippen molar-refractivity contribution in [2.45, 2.75) is 38.2 Å². The Hall–Kier alpha value is -2.21. The normalized spacial score (nSPS) is 18.0. The van der Waals surface area contributed by atoms with Gasteiger partial charge in [0.25, 0.3) is 0 Å². The molecule has 2 N–H and O–H groups in total. The van der Waals surface area contributed by atoms with E-state index < -0.39 is 12.1 Å². The number of rotatable bonds is 4. The van der Waals surface area contributed by atoms with Crippen LogP contribution in [0.3, 0.4) is 0 Å². The van der Waals surface area contributed by atoms with Gasteiger partial charge in [0.2, 0.25) is 0 Å². The summed E-state index contributed by atoms with van der Waals surface area (Å²) in [6, 6.07) is 10.3. The molecule has 0 spiro atoms. The molecule has 0 radical (unpaired) electrons. The van der Waals surface area contributed by atoms with Crippen molar-refractivity contribution in [3.05, 3.63) is 69.5 Å². The van der Waals surface area contributed by atoms with Crippen LogP contribution in [0.25, 0.3) is 5.57 Å². The largest absolute Gasteiger partial charge is 0.479 e. The number of halogens is 1. The summed E-state index contributed by atoms with van der Waals surface area (Å²) in [4.78, 5) is 17.8. The number of aromatic nitrogens is 1. The number of likely N-dealkylation sites (tertiary alicyclic amines) is 1. The number of fused-ring (bicyclic) bond motifs is 2. The van der Waals surface area contributed by atoms with E-state index >= 15 is 0 Å². The van der Waals surface area contributed by atoms with E-state index in [0.717, 1.165) is 49.5 Å². The first-order valence-electron chi connectivity index (χ1n) is 10.1. The maximum absolute atomic E-state index is 10.8. The molecule has 5 nitrogen and oxygen atoms in total. The Morgan fingerprint density at radius 1 is 1.14 bits per heavy atom. The van der Waals surface area contributed by atoms with Crippen molar-refractivity contribution < 1.29 is 15.0 Å². The Morgan fingerprint density at radius 3 is 2.66 bits per heavy atom. The first-order chi connectivity index (χ1) is 14.0. The summed E-state index contributed by atoms with van der Waals surface area (Å²) in [5.74, 6) is -1.15. The van der Waals surface area contributed by atoms with Gasteiger partial charge in [0.1, 0.15) is 0 Å². The topological polar surface area (TPSA) is 73.7 Å². The van der Waals surface area contributed by atoms with Crippen LogP contribution < -0.4 is 0 Å². The van der Waals surface area contributed by atoms with Crippen LogP contribution in [-0.4, -0.2) is 51.8 Å². The van der Waals surface area contributed by atoms with E-state index in [1.807, 2.05) is 18.3 Å². The molecule has 1 aromatic heterocycles. The van der Waals surface area contributed by atoms with Gasteiger partial charge in [-0.05, 0) is 67.0 Å². The Labute approximate surface area is 175 Å². The number of nitrogens with zero attached hydrogens (tertiary/aromatic N) is 2. The lowest BCUT2D eigenvalue weighted by Crippen LogP contribution is -2.35. The molecule has 2 heterocycles. The molecular weight excluding hydrogens is 388 g/mol. The standard InChI is InChI=1S/C23H25ClN2O3/c24-18-5-6-19-17(14-18)4-3-16-2-1-10-25-22(16)21(19)15-7-11-26(12-8-15)13-9-20(27)23(28)29/h1-2,5-6,10,14,20,27H,3-4,7-9,11-13H2,(H,28,29)/t20-/m1/s1. The smallest absolute Gasteiger partial charge is 0.332 e. The molecule has 1 saturated heterocycles. The lowest BCUT2D eigenvalue weighted by Gasteiger charge is -2.30. The zero-order valence-electron chi connectivity index (χ0n) is 16.3. The van der Waals surface area contributed by atoms with Gasteiger partial charge in [-0.2, -0.15) is 0 Å². The van der Waals surface area contributed by atoms with Crippen molar-refractivity contribution in [2.75, 3.05) is 19.6 Å². The van der Waals surface area contributed by atoms with E-state index in [0.29, 0.717) is 6.54 Å². The lowest BCUT2D eigenvalue weighted by atomic mass is 9.88. The molecule has 1 aromatic carbocycles. The Balaban J connectivity index is 1.62. The maximum atomic E-state index is 10.8. The van der Waals surface area contributed by atoms with Crippen LogP contribution in [0, 0.1) is 0 Å². The van der Waals surface area contributed by atoms with E-state index in [1.54, 1.807) is 0 Å². The second-order valence-electron chi connectivity index (χ2n) is 7.78. The van der Waals surface area contributed by atoms with Gasteiger partial charge in [-0.15, -0.1) is 0 Å². The van der Waals surface area contributed by atoms with Gasteiger partial charge >= 0.3 is 5.97 Å². The van der Waals surface area contributed by atoms with E-state index in [-0.39, 0.29) is 6.42 Å². The number of pyridine rings is 1. The van der Waals surface area contributed by atoms with Crippen LogP contribution in [0.1, 0.15) is 41.6 Å². The van der Waals surface area contributed by atoms with Crippen molar-refractivity contribution in [3.8, 4) is 0 Å². The number of aliphatic carboxylic acids is 1. The first kappa shape index (κ1) is 20.1. The van der Waals surface area contributed by atoms with Gasteiger partial charge in [-0.3, -0.25) is 4.98 Å². The van der Waals surface area contributed by atoms with Gasteiger partial charge in [-0.25, -0.2) is 4.79 Å². The number of hydrogen-bond acceptors (Lipinski definition) is 4. The van der Waals surface area contributed by atoms with E-state index in [1.165, 1.54) is 27.8 Å². The lowest BCUT2D eigenvalue weighted by molar-refractivity contribution is -0.147. The van der Waals surface area contributed by atoms with Crippen LogP contribution in [0.5, 0.6) is 0 Å². The van der Waals surface area contributed by atoms with Gasteiger partial charge in [-0.1, -0.05) is 29.3 Å². The molecule has 6 heteroatoms. The van der Waals surface area contributed by atoms with Gasteiger partial charge < -0.3 is 15.1 Å². The minimum absolute atomic E-state index is 0.257. The minimum Gasteiger partial charge on any atom is -0.479 e. The summed E-state index contributed by atoms with van der Waals surface area (Å²) in [6.07, 6.45) is 4.56. The Kier molecular flexibility index (Phi) is 5.99. The maximum Gasteiger partial charge on any atom is 0.332 e. The second kappa shape index (κ2) is 8.66. The number of aryl methyl sites for hydroxylation is 2. The van der Waals surface area contributed by atoms with Crippen LogP contribution in [0.2, 0.25) is 5.02 Å². The van der Waals surface area contributed by atoms with Crippen molar-refractivity contribution in [1.29, 1.82) is 0 Å². The van der Waals surface area contributed by atoms with Gasteiger partial charge in [0, 0.05) is 36.4 Å². The molecule has 29 heavy (non-hydrogen) atoms. The summed E-state index contributed by atoms with van der Waals surface area (Å²) in [7, 11) is 0. The predicted molar refractivity (Wildman–Crippen MR) is 113 cm³/mol. The van der Waals surface area contributed by atoms with Crippen LogP contribution in [0.15, 0.2) is 42.1 Å². The van der Waals surface area contributed by atoms with E-state index in [4.69, 9.17) is 21.7 Å². The molecule has 0 saturated carbocycles. The molecule has 1 fully saturated rings. The fraction of sp³-hybridized carbons (Fsp3) is 0.391. The van der Waals surface area contributed by atoms with Crippen molar-refractivity contribution >= 4 is 23.1 Å². The third-order valence-corrected chi connectivity index (χ3v) is 6.18. The molecular formula is C23H25ClN2O3. The highest BCUT2D eigenvalue weighted by molar-refractivity contribution is 6.30. The summed E-state index contributed by atoms with van der Waals surface area (Å²) in [5, 5.41) is 19.2. The number of aliphatic hydroxyl groups is 1. The number of carboxylic acid groups (broad SMARTS) is 1. The number of carboxylic acids is 1. The zero-order valence-corrected chi connectivity index (χ0v) is 17.0. The fourth-order valence-corrected chi connectivity index (χ4v) is 4.55. The molecule has 2 aromatic rings. The Morgan fingerprint density at radius 2 is 1.90 bits per heavy atom. The number of benzene rings is 1. The van der Waals surface area contributed by atoms with E-state index in [2.05, 4.69) is 23.1 Å². The highest BCUT2D eigenvalue weighted by atomic mass is 35.5. The van der Waals surface area contributed by atoms with Gasteiger partial charge in [0.05, 0.1) is 5.69 Å². The molecule has 1 aliphatic carbocycles. The van der Waals surface area contributed by atoms with Crippen molar-refractivity contribution in [2.24, 2.45) is 0 Å². The molecule has 0 bridgehead atoms. The number of carbonyl (C=O) groups is 1. The van der Waals surface area contributed by atoms with Crippen LogP contribution >= 0.6 is 11.6 Å². The summed E-state index contributed by atoms with van der Waals surface area (Å²) in [5.41, 5.74) is 7.50. The molecule has 0 amide bonds. The van der Waals surface area contributed by atoms with Crippen molar-refractivity contribution in [3.63, 3.8) is 0 Å². The minimum atomic E-state index is -1.29.